The minimum Gasteiger partial charge on any atom is -0.391 e. The van der Waals surface area contributed by atoms with E-state index >= 15 is 0 Å². The standard InChI is InChI=1S/C14H25N3OS/c1-4-6-12-13(10-18)19-14(15-12)17-8-5-7-16(3)9-11(17)2/h11,18H,4-10H2,1-3H3. The highest BCUT2D eigenvalue weighted by Gasteiger charge is 2.23. The van der Waals surface area contributed by atoms with Crippen molar-refractivity contribution in [1.29, 1.82) is 0 Å². The highest BCUT2D eigenvalue weighted by atomic mass is 32.1. The molecule has 0 aliphatic carbocycles. The summed E-state index contributed by atoms with van der Waals surface area (Å²) in [4.78, 5) is 10.6. The summed E-state index contributed by atoms with van der Waals surface area (Å²) in [5, 5.41) is 10.6. The Kier molecular flexibility index (Phi) is 5.19. The van der Waals surface area contributed by atoms with Crippen LogP contribution in [0.5, 0.6) is 0 Å². The molecular weight excluding hydrogens is 258 g/mol. The van der Waals surface area contributed by atoms with Crippen LogP contribution in [0, 0.1) is 0 Å². The third kappa shape index (κ3) is 3.46. The van der Waals surface area contributed by atoms with E-state index in [1.807, 2.05) is 0 Å². The van der Waals surface area contributed by atoms with Crippen LogP contribution in [0.2, 0.25) is 0 Å². The van der Waals surface area contributed by atoms with E-state index in [1.165, 1.54) is 6.42 Å². The normalized spacial score (nSPS) is 21.7. The van der Waals surface area contributed by atoms with E-state index in [1.54, 1.807) is 11.3 Å². The SMILES string of the molecule is CCCc1nc(N2CCCN(C)CC2C)sc1CO. The van der Waals surface area contributed by atoms with Crippen LogP contribution in [0.1, 0.15) is 37.3 Å². The summed E-state index contributed by atoms with van der Waals surface area (Å²) in [7, 11) is 2.18. The Labute approximate surface area is 120 Å². The first-order chi connectivity index (χ1) is 9.15. The maximum Gasteiger partial charge on any atom is 0.186 e. The number of anilines is 1. The quantitative estimate of drug-likeness (QED) is 0.919. The van der Waals surface area contributed by atoms with Gasteiger partial charge in [0.25, 0.3) is 0 Å². The molecule has 1 saturated heterocycles. The van der Waals surface area contributed by atoms with E-state index in [0.29, 0.717) is 6.04 Å². The predicted molar refractivity (Wildman–Crippen MR) is 81.0 cm³/mol. The highest BCUT2D eigenvalue weighted by molar-refractivity contribution is 7.15. The molecule has 0 amide bonds. The van der Waals surface area contributed by atoms with Gasteiger partial charge in [-0.2, -0.15) is 0 Å². The van der Waals surface area contributed by atoms with Crippen LogP contribution >= 0.6 is 11.3 Å². The van der Waals surface area contributed by atoms with E-state index in [9.17, 15) is 5.11 Å². The zero-order valence-electron chi connectivity index (χ0n) is 12.2. The summed E-state index contributed by atoms with van der Waals surface area (Å²) in [6.45, 7) is 7.84. The van der Waals surface area contributed by atoms with Crippen LogP contribution < -0.4 is 4.90 Å². The van der Waals surface area contributed by atoms with Crippen molar-refractivity contribution in [3.63, 3.8) is 0 Å². The summed E-state index contributed by atoms with van der Waals surface area (Å²) in [6, 6.07) is 0.486. The summed E-state index contributed by atoms with van der Waals surface area (Å²) < 4.78 is 0. The van der Waals surface area contributed by atoms with Crippen molar-refractivity contribution in [3.05, 3.63) is 10.6 Å². The van der Waals surface area contributed by atoms with Gasteiger partial charge in [0.2, 0.25) is 0 Å². The van der Waals surface area contributed by atoms with Crippen LogP contribution in [0.25, 0.3) is 0 Å². The largest absolute Gasteiger partial charge is 0.391 e. The van der Waals surface area contributed by atoms with E-state index in [-0.39, 0.29) is 6.61 Å². The smallest absolute Gasteiger partial charge is 0.186 e. The maximum absolute atomic E-state index is 9.46. The number of thiazole rings is 1. The Morgan fingerprint density at radius 2 is 2.21 bits per heavy atom. The second-order valence-corrected chi connectivity index (χ2v) is 6.49. The molecule has 19 heavy (non-hydrogen) atoms. The van der Waals surface area contributed by atoms with Crippen molar-refractivity contribution in [3.8, 4) is 0 Å². The molecule has 2 heterocycles. The molecule has 1 atom stereocenters. The Bertz CT molecular complexity index is 407. The van der Waals surface area contributed by atoms with E-state index in [2.05, 4.69) is 30.7 Å². The molecule has 1 aromatic rings. The topological polar surface area (TPSA) is 39.6 Å². The Hall–Kier alpha value is -0.650. The molecule has 0 radical (unpaired) electrons. The Balaban J connectivity index is 2.19. The monoisotopic (exact) mass is 283 g/mol. The molecule has 1 aliphatic heterocycles. The number of aryl methyl sites for hydroxylation is 1. The number of aliphatic hydroxyl groups excluding tert-OH is 1. The molecule has 5 heteroatoms. The van der Waals surface area contributed by atoms with Crippen molar-refractivity contribution in [2.45, 2.75) is 45.8 Å². The first kappa shape index (κ1) is 14.8. The lowest BCUT2D eigenvalue weighted by molar-refractivity contribution is 0.284. The number of aromatic nitrogens is 1. The van der Waals surface area contributed by atoms with Gasteiger partial charge in [0.15, 0.2) is 5.13 Å². The van der Waals surface area contributed by atoms with E-state index in [0.717, 1.165) is 48.2 Å². The third-order valence-electron chi connectivity index (χ3n) is 3.69. The molecule has 2 rings (SSSR count). The summed E-state index contributed by atoms with van der Waals surface area (Å²) in [5.74, 6) is 0. The molecule has 0 saturated carbocycles. The van der Waals surface area contributed by atoms with Crippen LogP contribution in [0.15, 0.2) is 0 Å². The number of nitrogens with zero attached hydrogens (tertiary/aromatic N) is 3. The molecule has 1 aliphatic rings. The number of aliphatic hydroxyl groups is 1. The summed E-state index contributed by atoms with van der Waals surface area (Å²) >= 11 is 1.67. The molecule has 0 bridgehead atoms. The molecule has 1 aromatic heterocycles. The van der Waals surface area contributed by atoms with Gasteiger partial charge in [0.1, 0.15) is 0 Å². The van der Waals surface area contributed by atoms with Gasteiger partial charge in [-0.15, -0.1) is 0 Å². The zero-order valence-corrected chi connectivity index (χ0v) is 13.0. The Morgan fingerprint density at radius 1 is 1.42 bits per heavy atom. The molecule has 108 valence electrons. The first-order valence-corrected chi connectivity index (χ1v) is 8.02. The minimum absolute atomic E-state index is 0.120. The average Bonchev–Trinajstić information content (AvgIpc) is 2.69. The van der Waals surface area contributed by atoms with E-state index < -0.39 is 0 Å². The van der Waals surface area contributed by atoms with Crippen LogP contribution in [-0.2, 0) is 13.0 Å². The second kappa shape index (κ2) is 6.68. The lowest BCUT2D eigenvalue weighted by Gasteiger charge is -2.27. The molecule has 1 N–H and O–H groups in total. The van der Waals surface area contributed by atoms with Crippen molar-refractivity contribution in [2.24, 2.45) is 0 Å². The average molecular weight is 283 g/mol. The fourth-order valence-electron chi connectivity index (χ4n) is 2.70. The van der Waals surface area contributed by atoms with Crippen molar-refractivity contribution >= 4 is 16.5 Å². The minimum atomic E-state index is 0.120. The lowest BCUT2D eigenvalue weighted by Crippen LogP contribution is -2.37. The molecule has 4 nitrogen and oxygen atoms in total. The van der Waals surface area contributed by atoms with Gasteiger partial charge < -0.3 is 14.9 Å². The predicted octanol–water partition coefficient (Wildman–Crippen LogP) is 2.12. The number of hydrogen-bond acceptors (Lipinski definition) is 5. The van der Waals surface area contributed by atoms with Crippen molar-refractivity contribution in [2.75, 3.05) is 31.6 Å². The fraction of sp³-hybridized carbons (Fsp3) is 0.786. The van der Waals surface area contributed by atoms with Gasteiger partial charge in [0.05, 0.1) is 17.2 Å². The third-order valence-corrected chi connectivity index (χ3v) is 4.81. The number of hydrogen-bond donors (Lipinski definition) is 1. The Morgan fingerprint density at radius 3 is 2.89 bits per heavy atom. The van der Waals surface area contributed by atoms with Gasteiger partial charge in [-0.3, -0.25) is 0 Å². The number of likely N-dealkylation sites (N-methyl/N-ethyl adjacent to an activating group) is 1. The second-order valence-electron chi connectivity index (χ2n) is 5.43. The van der Waals surface area contributed by atoms with Crippen LogP contribution in [0.3, 0.4) is 0 Å². The zero-order chi connectivity index (χ0) is 13.8. The van der Waals surface area contributed by atoms with Crippen LogP contribution in [-0.4, -0.2) is 47.7 Å². The summed E-state index contributed by atoms with van der Waals surface area (Å²) in [6.07, 6.45) is 3.22. The highest BCUT2D eigenvalue weighted by Crippen LogP contribution is 2.29. The van der Waals surface area contributed by atoms with Gasteiger partial charge in [-0.05, 0) is 33.4 Å². The van der Waals surface area contributed by atoms with Gasteiger partial charge >= 0.3 is 0 Å². The van der Waals surface area contributed by atoms with Gasteiger partial charge in [0, 0.05) is 19.1 Å². The maximum atomic E-state index is 9.46. The molecular formula is C14H25N3OS. The lowest BCUT2D eigenvalue weighted by atomic mass is 10.2. The summed E-state index contributed by atoms with van der Waals surface area (Å²) in [5.41, 5.74) is 1.09. The molecule has 0 spiro atoms. The van der Waals surface area contributed by atoms with Crippen molar-refractivity contribution in [1.82, 2.24) is 9.88 Å². The molecule has 0 aromatic carbocycles. The first-order valence-electron chi connectivity index (χ1n) is 7.20. The fourth-order valence-corrected chi connectivity index (χ4v) is 3.80. The van der Waals surface area contributed by atoms with Crippen molar-refractivity contribution < 1.29 is 5.11 Å². The molecule has 1 fully saturated rings. The molecule has 1 unspecified atom stereocenters. The number of rotatable bonds is 4. The van der Waals surface area contributed by atoms with Gasteiger partial charge in [-0.25, -0.2) is 4.98 Å². The van der Waals surface area contributed by atoms with Crippen LogP contribution in [0.4, 0.5) is 5.13 Å². The van der Waals surface area contributed by atoms with E-state index in [4.69, 9.17) is 4.98 Å². The van der Waals surface area contributed by atoms with Gasteiger partial charge in [-0.1, -0.05) is 24.7 Å².